The molecule has 6 heteroatoms. The first-order valence-corrected chi connectivity index (χ1v) is 9.78. The lowest BCUT2D eigenvalue weighted by Crippen LogP contribution is -2.23. The summed E-state index contributed by atoms with van der Waals surface area (Å²) in [5, 5.41) is 2.92. The number of aromatic nitrogens is 2. The van der Waals surface area contributed by atoms with Crippen LogP contribution in [-0.2, 0) is 6.54 Å². The summed E-state index contributed by atoms with van der Waals surface area (Å²) in [5.74, 6) is 0.698. The highest BCUT2D eigenvalue weighted by atomic mass is 19.1. The van der Waals surface area contributed by atoms with E-state index in [9.17, 15) is 9.18 Å². The zero-order chi connectivity index (χ0) is 21.6. The fourth-order valence-corrected chi connectivity index (χ4v) is 3.05. The highest BCUT2D eigenvalue weighted by Crippen LogP contribution is 2.23. The van der Waals surface area contributed by atoms with Crippen molar-refractivity contribution >= 4 is 5.91 Å². The molecule has 0 bridgehead atoms. The number of amides is 1. The Hall–Kier alpha value is -4.06. The van der Waals surface area contributed by atoms with E-state index in [0.29, 0.717) is 35.1 Å². The minimum absolute atomic E-state index is 0.162. The second-order valence-corrected chi connectivity index (χ2v) is 6.96. The molecule has 4 rings (SSSR count). The Morgan fingerprint density at radius 3 is 2.58 bits per heavy atom. The van der Waals surface area contributed by atoms with Gasteiger partial charge in [0, 0.05) is 29.9 Å². The van der Waals surface area contributed by atoms with Crippen LogP contribution in [0.4, 0.5) is 4.39 Å². The molecule has 0 aliphatic carbocycles. The number of hydrogen-bond donors (Lipinski definition) is 1. The molecule has 0 spiro atoms. The molecular formula is C25H20FN3O2. The average Bonchev–Trinajstić information content (AvgIpc) is 2.79. The number of hydrogen-bond acceptors (Lipinski definition) is 4. The van der Waals surface area contributed by atoms with Crippen LogP contribution >= 0.6 is 0 Å². The van der Waals surface area contributed by atoms with Gasteiger partial charge in [-0.15, -0.1) is 0 Å². The number of ether oxygens (including phenoxy) is 1. The van der Waals surface area contributed by atoms with E-state index in [0.717, 1.165) is 11.1 Å². The van der Waals surface area contributed by atoms with Gasteiger partial charge in [0.15, 0.2) is 5.82 Å². The number of nitrogens with one attached hydrogen (secondary N) is 1. The van der Waals surface area contributed by atoms with Gasteiger partial charge in [-0.2, -0.15) is 4.98 Å². The smallest absolute Gasteiger partial charge is 0.251 e. The summed E-state index contributed by atoms with van der Waals surface area (Å²) in [6.45, 7) is 2.48. The second kappa shape index (κ2) is 9.17. The molecule has 0 fully saturated rings. The summed E-state index contributed by atoms with van der Waals surface area (Å²) >= 11 is 0. The third-order valence-corrected chi connectivity index (χ3v) is 4.75. The number of rotatable bonds is 6. The number of halogens is 1. The van der Waals surface area contributed by atoms with Gasteiger partial charge in [0.2, 0.25) is 5.88 Å². The third kappa shape index (κ3) is 5.11. The molecule has 5 nitrogen and oxygen atoms in total. The predicted molar refractivity (Wildman–Crippen MR) is 116 cm³/mol. The maximum atomic E-state index is 13.5. The number of aryl methyl sites for hydroxylation is 1. The lowest BCUT2D eigenvalue weighted by atomic mass is 10.1. The molecule has 1 heterocycles. The van der Waals surface area contributed by atoms with E-state index in [2.05, 4.69) is 15.3 Å². The molecule has 0 radical (unpaired) electrons. The van der Waals surface area contributed by atoms with Gasteiger partial charge in [0.25, 0.3) is 5.91 Å². The molecule has 0 saturated heterocycles. The Bertz CT molecular complexity index is 1210. The fourth-order valence-electron chi connectivity index (χ4n) is 3.05. The van der Waals surface area contributed by atoms with Crippen LogP contribution < -0.4 is 10.1 Å². The largest absolute Gasteiger partial charge is 0.439 e. The van der Waals surface area contributed by atoms with Gasteiger partial charge in [-0.25, -0.2) is 9.37 Å². The highest BCUT2D eigenvalue weighted by Gasteiger charge is 2.09. The SMILES string of the molecule is Cc1ccccc1CNC(=O)c1ccc(Oc2ccnc(-c3cccc(F)c3)n2)cc1. The van der Waals surface area contributed by atoms with Gasteiger partial charge >= 0.3 is 0 Å². The second-order valence-electron chi connectivity index (χ2n) is 6.96. The van der Waals surface area contributed by atoms with Crippen molar-refractivity contribution in [3.05, 3.63) is 108 Å². The molecule has 154 valence electrons. The number of nitrogens with zero attached hydrogens (tertiary/aromatic N) is 2. The van der Waals surface area contributed by atoms with Crippen LogP contribution in [0, 0.1) is 12.7 Å². The summed E-state index contributed by atoms with van der Waals surface area (Å²) in [5.41, 5.74) is 3.30. The Morgan fingerprint density at radius 2 is 1.81 bits per heavy atom. The molecule has 0 atom stereocenters. The van der Waals surface area contributed by atoms with Crippen LogP contribution in [0.15, 0.2) is 85.1 Å². The van der Waals surface area contributed by atoms with Crippen molar-refractivity contribution in [3.8, 4) is 23.0 Å². The third-order valence-electron chi connectivity index (χ3n) is 4.75. The van der Waals surface area contributed by atoms with E-state index in [-0.39, 0.29) is 11.7 Å². The van der Waals surface area contributed by atoms with Gasteiger partial charge < -0.3 is 10.1 Å². The molecule has 1 N–H and O–H groups in total. The molecule has 0 saturated carbocycles. The van der Waals surface area contributed by atoms with Crippen molar-refractivity contribution < 1.29 is 13.9 Å². The van der Waals surface area contributed by atoms with Crippen molar-refractivity contribution in [2.75, 3.05) is 0 Å². The summed E-state index contributed by atoms with van der Waals surface area (Å²) < 4.78 is 19.2. The molecule has 1 aromatic heterocycles. The lowest BCUT2D eigenvalue weighted by Gasteiger charge is -2.09. The summed E-state index contributed by atoms with van der Waals surface area (Å²) in [6, 6.07) is 22.4. The molecule has 0 aliphatic heterocycles. The Morgan fingerprint density at radius 1 is 1.00 bits per heavy atom. The van der Waals surface area contributed by atoms with E-state index >= 15 is 0 Å². The minimum Gasteiger partial charge on any atom is -0.439 e. The van der Waals surface area contributed by atoms with Crippen LogP contribution in [0.25, 0.3) is 11.4 Å². The Kier molecular flexibility index (Phi) is 5.98. The standard InChI is InChI=1S/C25H20FN3O2/c1-17-5-2-3-6-20(17)16-28-25(30)18-9-11-22(12-10-18)31-23-13-14-27-24(29-23)19-7-4-8-21(26)15-19/h2-15H,16H2,1H3,(H,28,30). The van der Waals surface area contributed by atoms with Crippen LogP contribution in [-0.4, -0.2) is 15.9 Å². The minimum atomic E-state index is -0.358. The van der Waals surface area contributed by atoms with E-state index in [1.807, 2.05) is 31.2 Å². The van der Waals surface area contributed by atoms with Crippen molar-refractivity contribution in [1.82, 2.24) is 15.3 Å². The van der Waals surface area contributed by atoms with Crippen LogP contribution in [0.2, 0.25) is 0 Å². The summed E-state index contributed by atoms with van der Waals surface area (Å²) in [4.78, 5) is 20.9. The lowest BCUT2D eigenvalue weighted by molar-refractivity contribution is 0.0951. The number of carbonyl (C=O) groups excluding carboxylic acids is 1. The molecule has 0 aliphatic rings. The highest BCUT2D eigenvalue weighted by molar-refractivity contribution is 5.94. The topological polar surface area (TPSA) is 64.1 Å². The first kappa shape index (κ1) is 20.2. The molecule has 1 amide bonds. The van der Waals surface area contributed by atoms with E-state index < -0.39 is 0 Å². The van der Waals surface area contributed by atoms with Crippen molar-refractivity contribution in [1.29, 1.82) is 0 Å². The van der Waals surface area contributed by atoms with Crippen LogP contribution in [0.1, 0.15) is 21.5 Å². The Labute approximate surface area is 179 Å². The van der Waals surface area contributed by atoms with Crippen molar-refractivity contribution in [3.63, 3.8) is 0 Å². The van der Waals surface area contributed by atoms with Crippen LogP contribution in [0.3, 0.4) is 0 Å². The van der Waals surface area contributed by atoms with Gasteiger partial charge in [0.1, 0.15) is 11.6 Å². The summed E-state index contributed by atoms with van der Waals surface area (Å²) in [6.07, 6.45) is 1.55. The van der Waals surface area contributed by atoms with Crippen LogP contribution in [0.5, 0.6) is 11.6 Å². The molecule has 0 unspecified atom stereocenters. The first-order chi connectivity index (χ1) is 15.1. The van der Waals surface area contributed by atoms with E-state index in [4.69, 9.17) is 4.74 Å². The quantitative estimate of drug-likeness (QED) is 0.465. The Balaban J connectivity index is 1.41. The number of benzene rings is 3. The average molecular weight is 413 g/mol. The molecule has 4 aromatic rings. The molecule has 3 aromatic carbocycles. The maximum absolute atomic E-state index is 13.5. The predicted octanol–water partition coefficient (Wildman–Crippen LogP) is 5.31. The first-order valence-electron chi connectivity index (χ1n) is 9.78. The maximum Gasteiger partial charge on any atom is 0.251 e. The van der Waals surface area contributed by atoms with Gasteiger partial charge in [-0.3, -0.25) is 4.79 Å². The zero-order valence-corrected chi connectivity index (χ0v) is 16.9. The van der Waals surface area contributed by atoms with E-state index in [1.54, 1.807) is 48.7 Å². The van der Waals surface area contributed by atoms with Gasteiger partial charge in [0.05, 0.1) is 0 Å². The normalized spacial score (nSPS) is 10.5. The monoisotopic (exact) mass is 413 g/mol. The molecule has 31 heavy (non-hydrogen) atoms. The number of carbonyl (C=O) groups is 1. The van der Waals surface area contributed by atoms with E-state index in [1.165, 1.54) is 12.1 Å². The van der Waals surface area contributed by atoms with Crippen molar-refractivity contribution in [2.24, 2.45) is 0 Å². The van der Waals surface area contributed by atoms with Gasteiger partial charge in [-0.05, 0) is 54.4 Å². The van der Waals surface area contributed by atoms with Gasteiger partial charge in [-0.1, -0.05) is 36.4 Å². The fraction of sp³-hybridized carbons (Fsp3) is 0.0800. The molecular weight excluding hydrogens is 393 g/mol. The van der Waals surface area contributed by atoms with Crippen molar-refractivity contribution in [2.45, 2.75) is 13.5 Å². The zero-order valence-electron chi connectivity index (χ0n) is 16.9. The summed E-state index contributed by atoms with van der Waals surface area (Å²) in [7, 11) is 0.